The highest BCUT2D eigenvalue weighted by atomic mass is 32.1. The fourth-order valence-corrected chi connectivity index (χ4v) is 3.61. The Bertz CT molecular complexity index is 425. The molecule has 0 spiro atoms. The van der Waals surface area contributed by atoms with Crippen LogP contribution in [-0.2, 0) is 18.5 Å². The van der Waals surface area contributed by atoms with Crippen molar-refractivity contribution in [2.24, 2.45) is 0 Å². The Labute approximate surface area is 127 Å². The van der Waals surface area contributed by atoms with Gasteiger partial charge >= 0.3 is 0 Å². The second kappa shape index (κ2) is 6.54. The van der Waals surface area contributed by atoms with Gasteiger partial charge in [-0.05, 0) is 25.9 Å². The maximum atomic E-state index is 4.95. The maximum absolute atomic E-state index is 4.95. The second-order valence-corrected chi connectivity index (χ2v) is 7.91. The molecule has 1 aliphatic carbocycles. The van der Waals surface area contributed by atoms with E-state index in [1.165, 1.54) is 28.4 Å². The highest BCUT2D eigenvalue weighted by Gasteiger charge is 2.26. The molecule has 0 unspecified atom stereocenters. The fourth-order valence-electron chi connectivity index (χ4n) is 2.34. The number of hydrogen-bond acceptors (Lipinski definition) is 4. The SMILES string of the molecule is CCN(CC)Cc1nc(C(C)(C)C)c(CNC2CC2)s1. The Morgan fingerprint density at radius 3 is 2.40 bits per heavy atom. The normalized spacial score (nSPS) is 16.1. The van der Waals surface area contributed by atoms with Gasteiger partial charge in [0.2, 0.25) is 0 Å². The maximum Gasteiger partial charge on any atom is 0.107 e. The Balaban J connectivity index is 2.12. The lowest BCUT2D eigenvalue weighted by atomic mass is 9.91. The molecule has 2 rings (SSSR count). The van der Waals surface area contributed by atoms with Gasteiger partial charge in [0.15, 0.2) is 0 Å². The summed E-state index contributed by atoms with van der Waals surface area (Å²) in [5.41, 5.74) is 1.43. The number of rotatable bonds is 7. The number of hydrogen-bond donors (Lipinski definition) is 1. The summed E-state index contributed by atoms with van der Waals surface area (Å²) >= 11 is 1.90. The van der Waals surface area contributed by atoms with Crippen LogP contribution in [0.15, 0.2) is 0 Å². The summed E-state index contributed by atoms with van der Waals surface area (Å²) in [4.78, 5) is 8.82. The van der Waals surface area contributed by atoms with Crippen molar-refractivity contribution in [1.29, 1.82) is 0 Å². The van der Waals surface area contributed by atoms with E-state index in [1.807, 2.05) is 11.3 Å². The summed E-state index contributed by atoms with van der Waals surface area (Å²) in [6.45, 7) is 15.4. The average Bonchev–Trinajstić information content (AvgIpc) is 3.12. The second-order valence-electron chi connectivity index (χ2n) is 6.75. The van der Waals surface area contributed by atoms with E-state index in [-0.39, 0.29) is 5.41 Å². The molecule has 114 valence electrons. The molecule has 0 radical (unpaired) electrons. The van der Waals surface area contributed by atoms with Crippen molar-refractivity contribution < 1.29 is 0 Å². The molecule has 1 saturated carbocycles. The molecule has 1 aromatic heterocycles. The number of aromatic nitrogens is 1. The van der Waals surface area contributed by atoms with Gasteiger partial charge in [0.05, 0.1) is 12.2 Å². The summed E-state index contributed by atoms with van der Waals surface area (Å²) < 4.78 is 0. The van der Waals surface area contributed by atoms with E-state index < -0.39 is 0 Å². The van der Waals surface area contributed by atoms with Gasteiger partial charge in [-0.2, -0.15) is 0 Å². The van der Waals surface area contributed by atoms with E-state index in [9.17, 15) is 0 Å². The Hall–Kier alpha value is -0.450. The van der Waals surface area contributed by atoms with Crippen molar-refractivity contribution in [3.05, 3.63) is 15.6 Å². The summed E-state index contributed by atoms with van der Waals surface area (Å²) in [5.74, 6) is 0. The standard InChI is InChI=1S/C16H29N3S/c1-6-19(7-2)11-14-18-15(16(3,4)5)13(20-14)10-17-12-8-9-12/h12,17H,6-11H2,1-5H3. The third kappa shape index (κ3) is 4.27. The zero-order valence-corrected chi connectivity index (χ0v) is 14.4. The third-order valence-electron chi connectivity index (χ3n) is 3.83. The summed E-state index contributed by atoms with van der Waals surface area (Å²) in [6, 6.07) is 0.760. The van der Waals surface area contributed by atoms with E-state index in [2.05, 4.69) is 44.8 Å². The van der Waals surface area contributed by atoms with Crippen LogP contribution in [0.4, 0.5) is 0 Å². The third-order valence-corrected chi connectivity index (χ3v) is 4.87. The first-order valence-corrected chi connectivity index (χ1v) is 8.70. The predicted octanol–water partition coefficient (Wildman–Crippen LogP) is 3.53. The number of nitrogens with one attached hydrogen (secondary N) is 1. The van der Waals surface area contributed by atoms with Crippen LogP contribution in [0.25, 0.3) is 0 Å². The van der Waals surface area contributed by atoms with Crippen LogP contribution < -0.4 is 5.32 Å². The highest BCUT2D eigenvalue weighted by molar-refractivity contribution is 7.11. The molecule has 1 aromatic rings. The lowest BCUT2D eigenvalue weighted by Gasteiger charge is -2.18. The quantitative estimate of drug-likeness (QED) is 0.834. The Morgan fingerprint density at radius 2 is 1.90 bits per heavy atom. The van der Waals surface area contributed by atoms with Crippen molar-refractivity contribution in [2.75, 3.05) is 13.1 Å². The van der Waals surface area contributed by atoms with Gasteiger partial charge in [-0.3, -0.25) is 4.90 Å². The average molecular weight is 295 g/mol. The largest absolute Gasteiger partial charge is 0.309 e. The minimum atomic E-state index is 0.137. The zero-order chi connectivity index (χ0) is 14.8. The summed E-state index contributed by atoms with van der Waals surface area (Å²) in [6.07, 6.45) is 2.69. The van der Waals surface area contributed by atoms with Crippen LogP contribution in [0.2, 0.25) is 0 Å². The Kier molecular flexibility index (Phi) is 5.21. The van der Waals surface area contributed by atoms with Crippen molar-refractivity contribution in [3.63, 3.8) is 0 Å². The van der Waals surface area contributed by atoms with Crippen LogP contribution in [0, 0.1) is 0 Å². The summed E-state index contributed by atoms with van der Waals surface area (Å²) in [7, 11) is 0. The lowest BCUT2D eigenvalue weighted by molar-refractivity contribution is 0.295. The Morgan fingerprint density at radius 1 is 1.25 bits per heavy atom. The zero-order valence-electron chi connectivity index (χ0n) is 13.6. The molecule has 3 nitrogen and oxygen atoms in total. The number of nitrogens with zero attached hydrogens (tertiary/aromatic N) is 2. The molecule has 4 heteroatoms. The van der Waals surface area contributed by atoms with Gasteiger partial charge in [-0.1, -0.05) is 34.6 Å². The van der Waals surface area contributed by atoms with E-state index in [1.54, 1.807) is 0 Å². The molecule has 1 aliphatic rings. The van der Waals surface area contributed by atoms with Gasteiger partial charge in [-0.25, -0.2) is 4.98 Å². The van der Waals surface area contributed by atoms with Crippen molar-refractivity contribution in [3.8, 4) is 0 Å². The first-order valence-electron chi connectivity index (χ1n) is 7.88. The molecule has 20 heavy (non-hydrogen) atoms. The van der Waals surface area contributed by atoms with Crippen molar-refractivity contribution in [1.82, 2.24) is 15.2 Å². The predicted molar refractivity (Wildman–Crippen MR) is 87.3 cm³/mol. The fraction of sp³-hybridized carbons (Fsp3) is 0.812. The van der Waals surface area contributed by atoms with Crippen molar-refractivity contribution in [2.45, 2.75) is 72.0 Å². The van der Waals surface area contributed by atoms with Crippen LogP contribution in [0.3, 0.4) is 0 Å². The van der Waals surface area contributed by atoms with Crippen molar-refractivity contribution >= 4 is 11.3 Å². The molecule has 0 aromatic carbocycles. The van der Waals surface area contributed by atoms with Crippen LogP contribution in [0.5, 0.6) is 0 Å². The molecule has 0 aliphatic heterocycles. The molecular weight excluding hydrogens is 266 g/mol. The van der Waals surface area contributed by atoms with Gasteiger partial charge in [-0.15, -0.1) is 11.3 Å². The smallest absolute Gasteiger partial charge is 0.107 e. The van der Waals surface area contributed by atoms with Gasteiger partial charge < -0.3 is 5.32 Å². The minimum absolute atomic E-state index is 0.137. The molecule has 0 amide bonds. The van der Waals surface area contributed by atoms with E-state index >= 15 is 0 Å². The summed E-state index contributed by atoms with van der Waals surface area (Å²) in [5, 5.41) is 4.91. The van der Waals surface area contributed by atoms with Crippen LogP contribution in [0.1, 0.15) is 63.0 Å². The molecule has 1 heterocycles. The van der Waals surface area contributed by atoms with Gasteiger partial charge in [0.1, 0.15) is 5.01 Å². The van der Waals surface area contributed by atoms with Gasteiger partial charge in [0, 0.05) is 22.9 Å². The van der Waals surface area contributed by atoms with E-state index in [0.717, 1.165) is 32.2 Å². The lowest BCUT2D eigenvalue weighted by Crippen LogP contribution is -2.22. The first kappa shape index (κ1) is 15.9. The van der Waals surface area contributed by atoms with Crippen LogP contribution in [-0.4, -0.2) is 29.0 Å². The van der Waals surface area contributed by atoms with E-state index in [4.69, 9.17) is 4.98 Å². The molecular formula is C16H29N3S. The molecule has 1 N–H and O–H groups in total. The molecule has 0 atom stereocenters. The minimum Gasteiger partial charge on any atom is -0.309 e. The van der Waals surface area contributed by atoms with E-state index in [0.29, 0.717) is 0 Å². The topological polar surface area (TPSA) is 28.2 Å². The molecule has 1 fully saturated rings. The monoisotopic (exact) mass is 295 g/mol. The molecule has 0 bridgehead atoms. The molecule has 0 saturated heterocycles. The van der Waals surface area contributed by atoms with Crippen LogP contribution >= 0.6 is 11.3 Å². The van der Waals surface area contributed by atoms with Gasteiger partial charge in [0.25, 0.3) is 0 Å². The first-order chi connectivity index (χ1) is 9.44. The highest BCUT2D eigenvalue weighted by Crippen LogP contribution is 2.31. The number of thiazole rings is 1.